The number of hydrogen-bond acceptors (Lipinski definition) is 5. The molecule has 0 saturated carbocycles. The molecule has 120 valence electrons. The van der Waals surface area contributed by atoms with E-state index in [9.17, 15) is 4.79 Å². The fourth-order valence-electron chi connectivity index (χ4n) is 1.25. The highest BCUT2D eigenvalue weighted by molar-refractivity contribution is 6.76. The fraction of sp³-hybridized carbons (Fsp3) is 0.923. The van der Waals surface area contributed by atoms with Gasteiger partial charge in [0.2, 0.25) is 0 Å². The molecule has 0 saturated heterocycles. The number of nitrogens with two attached hydrogens (primary N) is 1. The molecule has 7 heteroatoms. The van der Waals surface area contributed by atoms with Crippen LogP contribution in [0.5, 0.6) is 0 Å². The summed E-state index contributed by atoms with van der Waals surface area (Å²) in [4.78, 5) is 13.2. The van der Waals surface area contributed by atoms with Crippen LogP contribution in [0.1, 0.15) is 0 Å². The summed E-state index contributed by atoms with van der Waals surface area (Å²) in [6.45, 7) is 10.4. The van der Waals surface area contributed by atoms with Crippen LogP contribution in [0.2, 0.25) is 25.7 Å². The molecule has 0 aromatic carbocycles. The molecule has 20 heavy (non-hydrogen) atoms. The standard InChI is InChI=1S/C13H30N2O4Si/c1-15(6-8-18-10-9-17-7-5-14)13(16)19-11-12-20(2,3)4/h5-12,14H2,1-4H3. The highest BCUT2D eigenvalue weighted by atomic mass is 28.3. The summed E-state index contributed by atoms with van der Waals surface area (Å²) < 4.78 is 15.7. The van der Waals surface area contributed by atoms with Crippen LogP contribution in [-0.4, -0.2) is 72.2 Å². The van der Waals surface area contributed by atoms with Crippen LogP contribution in [-0.2, 0) is 14.2 Å². The van der Waals surface area contributed by atoms with Gasteiger partial charge in [0, 0.05) is 28.2 Å². The smallest absolute Gasteiger partial charge is 0.409 e. The first-order valence-corrected chi connectivity index (χ1v) is 10.8. The predicted octanol–water partition coefficient (Wildman–Crippen LogP) is 1.38. The van der Waals surface area contributed by atoms with Crippen molar-refractivity contribution in [1.29, 1.82) is 0 Å². The Morgan fingerprint density at radius 2 is 1.65 bits per heavy atom. The SMILES string of the molecule is CN(CCOCCOCCN)C(=O)OCC[Si](C)(C)C. The first-order chi connectivity index (χ1) is 9.37. The van der Waals surface area contributed by atoms with Crippen LogP contribution in [0.3, 0.4) is 0 Å². The molecule has 6 nitrogen and oxygen atoms in total. The van der Waals surface area contributed by atoms with E-state index in [1.807, 2.05) is 0 Å². The Hall–Kier alpha value is -0.633. The quantitative estimate of drug-likeness (QED) is 0.461. The highest BCUT2D eigenvalue weighted by Gasteiger charge is 2.15. The van der Waals surface area contributed by atoms with E-state index >= 15 is 0 Å². The van der Waals surface area contributed by atoms with Gasteiger partial charge in [0.05, 0.1) is 33.0 Å². The third-order valence-corrected chi connectivity index (χ3v) is 4.30. The maximum absolute atomic E-state index is 11.7. The maximum atomic E-state index is 11.7. The molecule has 0 aliphatic rings. The van der Waals surface area contributed by atoms with Crippen molar-refractivity contribution in [3.63, 3.8) is 0 Å². The Bertz CT molecular complexity index is 259. The number of nitrogens with zero attached hydrogens (tertiary/aromatic N) is 1. The normalized spacial score (nSPS) is 11.4. The van der Waals surface area contributed by atoms with Crippen LogP contribution in [0.15, 0.2) is 0 Å². The number of likely N-dealkylation sites (N-methyl/N-ethyl adjacent to an activating group) is 1. The number of carbonyl (C=O) groups excluding carboxylic acids is 1. The molecule has 0 radical (unpaired) electrons. The number of ether oxygens (including phenoxy) is 3. The van der Waals surface area contributed by atoms with Gasteiger partial charge in [-0.3, -0.25) is 0 Å². The van der Waals surface area contributed by atoms with E-state index in [1.54, 1.807) is 7.05 Å². The lowest BCUT2D eigenvalue weighted by molar-refractivity contribution is 0.0411. The summed E-state index contributed by atoms with van der Waals surface area (Å²) in [5.74, 6) is 0. The van der Waals surface area contributed by atoms with Crippen molar-refractivity contribution in [3.8, 4) is 0 Å². The molecule has 0 rings (SSSR count). The minimum absolute atomic E-state index is 0.286. The fourth-order valence-corrected chi connectivity index (χ4v) is 1.97. The molecule has 0 aliphatic carbocycles. The Kier molecular flexibility index (Phi) is 10.7. The minimum atomic E-state index is -1.15. The third kappa shape index (κ3) is 12.4. The number of hydrogen-bond donors (Lipinski definition) is 1. The number of amides is 1. The maximum Gasteiger partial charge on any atom is 0.409 e. The first-order valence-electron chi connectivity index (χ1n) is 7.10. The molecule has 1 amide bonds. The summed E-state index contributed by atoms with van der Waals surface area (Å²) >= 11 is 0. The average Bonchev–Trinajstić information content (AvgIpc) is 2.35. The van der Waals surface area contributed by atoms with E-state index < -0.39 is 8.07 Å². The van der Waals surface area contributed by atoms with E-state index in [4.69, 9.17) is 19.9 Å². The largest absolute Gasteiger partial charge is 0.450 e. The Morgan fingerprint density at radius 3 is 2.20 bits per heavy atom. The lowest BCUT2D eigenvalue weighted by Gasteiger charge is -2.19. The van der Waals surface area contributed by atoms with Crippen LogP contribution < -0.4 is 5.73 Å². The van der Waals surface area contributed by atoms with Crippen molar-refractivity contribution < 1.29 is 19.0 Å². The van der Waals surface area contributed by atoms with Crippen molar-refractivity contribution >= 4 is 14.2 Å². The van der Waals surface area contributed by atoms with Crippen LogP contribution >= 0.6 is 0 Å². The molecule has 0 fully saturated rings. The number of rotatable bonds is 11. The molecular weight excluding hydrogens is 276 g/mol. The van der Waals surface area contributed by atoms with Gasteiger partial charge < -0.3 is 24.8 Å². The molecule has 0 bridgehead atoms. The molecule has 0 aromatic rings. The highest BCUT2D eigenvalue weighted by Crippen LogP contribution is 2.08. The van der Waals surface area contributed by atoms with E-state index in [1.165, 1.54) is 4.90 Å². The van der Waals surface area contributed by atoms with Gasteiger partial charge in [-0.25, -0.2) is 4.79 Å². The van der Waals surface area contributed by atoms with E-state index in [0.717, 1.165) is 6.04 Å². The summed E-state index contributed by atoms with van der Waals surface area (Å²) in [6.07, 6.45) is -0.286. The molecule has 0 unspecified atom stereocenters. The first kappa shape index (κ1) is 19.4. The van der Waals surface area contributed by atoms with Gasteiger partial charge in [-0.1, -0.05) is 19.6 Å². The van der Waals surface area contributed by atoms with Crippen LogP contribution in [0.4, 0.5) is 4.79 Å². The van der Waals surface area contributed by atoms with Gasteiger partial charge in [0.1, 0.15) is 0 Å². The van der Waals surface area contributed by atoms with Gasteiger partial charge >= 0.3 is 6.09 Å². The lowest BCUT2D eigenvalue weighted by atomic mass is 10.6. The Morgan fingerprint density at radius 1 is 1.05 bits per heavy atom. The second-order valence-electron chi connectivity index (χ2n) is 5.86. The monoisotopic (exact) mass is 306 g/mol. The molecule has 0 spiro atoms. The van der Waals surface area contributed by atoms with E-state index in [0.29, 0.717) is 46.1 Å². The number of carbonyl (C=O) groups is 1. The molecule has 0 aliphatic heterocycles. The van der Waals surface area contributed by atoms with Gasteiger partial charge in [-0.15, -0.1) is 0 Å². The summed E-state index contributed by atoms with van der Waals surface area (Å²) in [5, 5.41) is 0. The van der Waals surface area contributed by atoms with Crippen molar-refractivity contribution in [1.82, 2.24) is 4.90 Å². The van der Waals surface area contributed by atoms with Crippen LogP contribution in [0.25, 0.3) is 0 Å². The van der Waals surface area contributed by atoms with Crippen molar-refractivity contribution in [3.05, 3.63) is 0 Å². The van der Waals surface area contributed by atoms with Gasteiger partial charge in [0.15, 0.2) is 0 Å². The third-order valence-electron chi connectivity index (χ3n) is 2.59. The molecule has 0 atom stereocenters. The van der Waals surface area contributed by atoms with Crippen molar-refractivity contribution in [2.75, 3.05) is 53.2 Å². The Balaban J connectivity index is 3.51. The summed E-state index contributed by atoms with van der Waals surface area (Å²) in [6, 6.07) is 0.988. The second kappa shape index (κ2) is 11.1. The van der Waals surface area contributed by atoms with Crippen molar-refractivity contribution in [2.24, 2.45) is 5.73 Å². The summed E-state index contributed by atoms with van der Waals surface area (Å²) in [5.41, 5.74) is 5.29. The molecule has 2 N–H and O–H groups in total. The Labute approximate surface area is 123 Å². The second-order valence-corrected chi connectivity index (χ2v) is 11.5. The van der Waals surface area contributed by atoms with E-state index in [2.05, 4.69) is 19.6 Å². The van der Waals surface area contributed by atoms with Gasteiger partial charge in [-0.2, -0.15) is 0 Å². The molecule has 0 heterocycles. The lowest BCUT2D eigenvalue weighted by Crippen LogP contribution is -2.32. The average molecular weight is 306 g/mol. The topological polar surface area (TPSA) is 74.0 Å². The zero-order valence-corrected chi connectivity index (χ0v) is 14.3. The minimum Gasteiger partial charge on any atom is -0.450 e. The zero-order chi connectivity index (χ0) is 15.4. The van der Waals surface area contributed by atoms with Crippen LogP contribution in [0, 0.1) is 0 Å². The van der Waals surface area contributed by atoms with Crippen molar-refractivity contribution in [2.45, 2.75) is 25.7 Å². The molecular formula is C13H30N2O4Si. The predicted molar refractivity (Wildman–Crippen MR) is 82.8 cm³/mol. The van der Waals surface area contributed by atoms with Gasteiger partial charge in [-0.05, 0) is 6.04 Å². The van der Waals surface area contributed by atoms with Gasteiger partial charge in [0.25, 0.3) is 0 Å². The zero-order valence-electron chi connectivity index (χ0n) is 13.3. The van der Waals surface area contributed by atoms with E-state index in [-0.39, 0.29) is 6.09 Å². The molecule has 0 aromatic heterocycles. The summed E-state index contributed by atoms with van der Waals surface area (Å²) in [7, 11) is 0.564.